The van der Waals surface area contributed by atoms with Crippen LogP contribution < -0.4 is 15.6 Å². The fourth-order valence-corrected chi connectivity index (χ4v) is 4.79. The number of pyridine rings is 1. The molecule has 1 unspecified atom stereocenters. The number of nitrogens with zero attached hydrogens (tertiary/aromatic N) is 2. The Hall–Kier alpha value is -2.38. The van der Waals surface area contributed by atoms with Crippen molar-refractivity contribution in [3.8, 4) is 0 Å². The summed E-state index contributed by atoms with van der Waals surface area (Å²) in [6, 6.07) is 7.52. The second-order valence-electron chi connectivity index (χ2n) is 7.98. The van der Waals surface area contributed by atoms with E-state index >= 15 is 0 Å². The fraction of sp³-hybridized carbons (Fsp3) is 0.375. The number of halogens is 2. The first kappa shape index (κ1) is 24.3. The topological polar surface area (TPSA) is 75.4 Å². The molecule has 0 spiro atoms. The minimum absolute atomic E-state index is 0.0447. The molecule has 1 fully saturated rings. The Kier molecular flexibility index (Phi) is 7.96. The van der Waals surface area contributed by atoms with E-state index in [1.807, 2.05) is 32.8 Å². The highest BCUT2D eigenvalue weighted by Crippen LogP contribution is 2.33. The van der Waals surface area contributed by atoms with Gasteiger partial charge >= 0.3 is 0 Å². The molecular formula is C24H27BrClN3O3. The van der Waals surface area contributed by atoms with Crippen LogP contribution in [0.2, 0.25) is 5.15 Å². The second kappa shape index (κ2) is 10.5. The van der Waals surface area contributed by atoms with Crippen molar-refractivity contribution in [2.75, 3.05) is 23.3 Å². The number of carbonyl (C=O) groups excluding carboxylic acids is 1. The summed E-state index contributed by atoms with van der Waals surface area (Å²) in [5.74, 6) is 0.707. The van der Waals surface area contributed by atoms with Gasteiger partial charge in [-0.15, -0.1) is 0 Å². The predicted molar refractivity (Wildman–Crippen MR) is 134 cm³/mol. The molecule has 1 aliphatic heterocycles. The van der Waals surface area contributed by atoms with E-state index in [2.05, 4.69) is 44.1 Å². The molecule has 32 heavy (non-hydrogen) atoms. The van der Waals surface area contributed by atoms with Gasteiger partial charge in [0.05, 0.1) is 22.7 Å². The van der Waals surface area contributed by atoms with Crippen LogP contribution in [-0.4, -0.2) is 24.9 Å². The molecule has 3 aromatic rings. The molecule has 3 heterocycles. The first-order valence-corrected chi connectivity index (χ1v) is 11.7. The minimum atomic E-state index is -0.105. The Balaban J connectivity index is 0.00000141. The van der Waals surface area contributed by atoms with Gasteiger partial charge in [-0.25, -0.2) is 4.98 Å². The van der Waals surface area contributed by atoms with E-state index in [-0.39, 0.29) is 11.5 Å². The van der Waals surface area contributed by atoms with Crippen molar-refractivity contribution in [2.24, 2.45) is 0 Å². The molecule has 4 rings (SSSR count). The van der Waals surface area contributed by atoms with Crippen molar-refractivity contribution in [1.29, 1.82) is 0 Å². The van der Waals surface area contributed by atoms with E-state index in [0.29, 0.717) is 32.2 Å². The van der Waals surface area contributed by atoms with E-state index in [9.17, 15) is 4.79 Å². The number of benzene rings is 1. The van der Waals surface area contributed by atoms with Gasteiger partial charge in [-0.1, -0.05) is 17.7 Å². The number of piperidine rings is 1. The Morgan fingerprint density at radius 3 is 2.53 bits per heavy atom. The molecule has 0 saturated carbocycles. The number of aryl methyl sites for hydroxylation is 1. The lowest BCUT2D eigenvalue weighted by molar-refractivity contribution is -0.0979. The van der Waals surface area contributed by atoms with Crippen LogP contribution in [-0.2, 0) is 4.79 Å². The largest absolute Gasteiger partial charge is 0.440 e. The SMILES string of the molecule is C=O.Cc1cc(C(C)Nc2ccc(Cl)nc2Br)c2oc(N3CCCCC3)c(C)c(=O)c2c1. The summed E-state index contributed by atoms with van der Waals surface area (Å²) in [4.78, 5) is 27.7. The summed E-state index contributed by atoms with van der Waals surface area (Å²) in [7, 11) is 0. The third-order valence-electron chi connectivity index (χ3n) is 5.66. The predicted octanol–water partition coefficient (Wildman–Crippen LogP) is 6.20. The zero-order valence-corrected chi connectivity index (χ0v) is 20.8. The Morgan fingerprint density at radius 2 is 1.88 bits per heavy atom. The van der Waals surface area contributed by atoms with Crippen LogP contribution in [0.25, 0.3) is 11.0 Å². The Morgan fingerprint density at radius 1 is 1.19 bits per heavy atom. The second-order valence-corrected chi connectivity index (χ2v) is 9.12. The normalized spacial score (nSPS) is 14.6. The average molecular weight is 521 g/mol. The first-order valence-electron chi connectivity index (χ1n) is 10.6. The number of anilines is 2. The van der Waals surface area contributed by atoms with E-state index in [0.717, 1.165) is 42.7 Å². The molecule has 0 amide bonds. The quantitative estimate of drug-likeness (QED) is 0.413. The highest BCUT2D eigenvalue weighted by Gasteiger charge is 2.22. The molecule has 2 aromatic heterocycles. The molecule has 0 bridgehead atoms. The molecule has 1 aliphatic rings. The van der Waals surface area contributed by atoms with Crippen LogP contribution >= 0.6 is 27.5 Å². The molecule has 0 aliphatic carbocycles. The number of nitrogens with one attached hydrogen (secondary N) is 1. The van der Waals surface area contributed by atoms with Gasteiger partial charge < -0.3 is 19.4 Å². The van der Waals surface area contributed by atoms with Crippen LogP contribution in [0.1, 0.15) is 48.9 Å². The number of hydrogen-bond donors (Lipinski definition) is 1. The fourth-order valence-electron chi connectivity index (χ4n) is 4.11. The van der Waals surface area contributed by atoms with Gasteiger partial charge in [-0.2, -0.15) is 0 Å². The monoisotopic (exact) mass is 519 g/mol. The summed E-state index contributed by atoms with van der Waals surface area (Å²) in [5.41, 5.74) is 4.18. The van der Waals surface area contributed by atoms with Gasteiger partial charge in [-0.3, -0.25) is 4.79 Å². The molecular weight excluding hydrogens is 494 g/mol. The molecule has 1 aromatic carbocycles. The Labute approximate surface area is 201 Å². The molecule has 1 N–H and O–H groups in total. The van der Waals surface area contributed by atoms with Gasteiger partial charge in [0.1, 0.15) is 22.1 Å². The van der Waals surface area contributed by atoms with Gasteiger partial charge in [0.15, 0.2) is 5.43 Å². The van der Waals surface area contributed by atoms with Gasteiger partial charge in [0.2, 0.25) is 5.88 Å². The maximum Gasteiger partial charge on any atom is 0.202 e. The van der Waals surface area contributed by atoms with Gasteiger partial charge in [0, 0.05) is 18.7 Å². The van der Waals surface area contributed by atoms with Gasteiger partial charge in [0.25, 0.3) is 0 Å². The lowest BCUT2D eigenvalue weighted by atomic mass is 10.00. The minimum Gasteiger partial charge on any atom is -0.440 e. The van der Waals surface area contributed by atoms with Crippen LogP contribution in [0, 0.1) is 13.8 Å². The lowest BCUT2D eigenvalue weighted by Gasteiger charge is -2.29. The Bertz CT molecular complexity index is 1180. The number of carbonyl (C=O) groups is 1. The van der Waals surface area contributed by atoms with Crippen LogP contribution in [0.3, 0.4) is 0 Å². The summed E-state index contributed by atoms with van der Waals surface area (Å²) in [5, 5.41) is 4.52. The summed E-state index contributed by atoms with van der Waals surface area (Å²) < 4.78 is 7.09. The zero-order valence-electron chi connectivity index (χ0n) is 18.5. The summed E-state index contributed by atoms with van der Waals surface area (Å²) in [6.45, 7) is 9.77. The first-order chi connectivity index (χ1) is 15.3. The number of rotatable bonds is 4. The van der Waals surface area contributed by atoms with Crippen LogP contribution in [0.5, 0.6) is 0 Å². The van der Waals surface area contributed by atoms with E-state index in [1.165, 1.54) is 6.42 Å². The number of fused-ring (bicyclic) bond motifs is 1. The molecule has 8 heteroatoms. The standard InChI is InChI=1S/C23H25BrClN3O2.CH2O/c1-13-11-16(15(3)26-18-7-8-19(25)27-22(18)24)21-17(12-13)20(29)14(2)23(30-21)28-9-5-4-6-10-28;1-2/h7-8,11-12,15,26H,4-6,9-10H2,1-3H3;1H2. The van der Waals surface area contributed by atoms with Crippen LogP contribution in [0.4, 0.5) is 11.6 Å². The highest BCUT2D eigenvalue weighted by atomic mass is 79.9. The maximum atomic E-state index is 13.2. The molecule has 1 saturated heterocycles. The average Bonchev–Trinajstić information content (AvgIpc) is 2.80. The molecule has 170 valence electrons. The van der Waals surface area contributed by atoms with Crippen molar-refractivity contribution in [3.63, 3.8) is 0 Å². The zero-order chi connectivity index (χ0) is 23.4. The highest BCUT2D eigenvalue weighted by molar-refractivity contribution is 9.10. The van der Waals surface area contributed by atoms with Crippen molar-refractivity contribution < 1.29 is 9.21 Å². The van der Waals surface area contributed by atoms with Crippen molar-refractivity contribution in [3.05, 3.63) is 60.9 Å². The maximum absolute atomic E-state index is 13.2. The van der Waals surface area contributed by atoms with E-state index in [1.54, 1.807) is 6.07 Å². The van der Waals surface area contributed by atoms with Crippen molar-refractivity contribution in [1.82, 2.24) is 4.98 Å². The summed E-state index contributed by atoms with van der Waals surface area (Å²) in [6.07, 6.45) is 3.47. The third-order valence-corrected chi connectivity index (χ3v) is 6.48. The third kappa shape index (κ3) is 4.99. The number of hydrogen-bond acceptors (Lipinski definition) is 6. The van der Waals surface area contributed by atoms with E-state index < -0.39 is 0 Å². The van der Waals surface area contributed by atoms with Crippen LogP contribution in [0.15, 0.2) is 38.1 Å². The molecule has 6 nitrogen and oxygen atoms in total. The van der Waals surface area contributed by atoms with Gasteiger partial charge in [-0.05, 0) is 79.7 Å². The number of aromatic nitrogens is 1. The molecule has 0 radical (unpaired) electrons. The molecule has 1 atom stereocenters. The lowest BCUT2D eigenvalue weighted by Crippen LogP contribution is -2.31. The van der Waals surface area contributed by atoms with Crippen molar-refractivity contribution >= 4 is 56.9 Å². The van der Waals surface area contributed by atoms with Crippen molar-refractivity contribution in [2.45, 2.75) is 46.1 Å². The summed E-state index contributed by atoms with van der Waals surface area (Å²) >= 11 is 9.43. The van der Waals surface area contributed by atoms with E-state index in [4.69, 9.17) is 20.8 Å². The smallest absolute Gasteiger partial charge is 0.202 e.